The Morgan fingerprint density at radius 2 is 2.10 bits per heavy atom. The molecule has 1 fully saturated rings. The second-order valence-corrected chi connectivity index (χ2v) is 8.80. The third-order valence-electron chi connectivity index (χ3n) is 5.59. The number of thioether (sulfide) groups is 1. The molecule has 1 aromatic carbocycles. The Bertz CT molecular complexity index is 959. The highest BCUT2D eigenvalue weighted by Crippen LogP contribution is 2.34. The average Bonchev–Trinajstić information content (AvgIpc) is 3.37. The summed E-state index contributed by atoms with van der Waals surface area (Å²) in [5.74, 6) is 1.99. The predicted molar refractivity (Wildman–Crippen MR) is 116 cm³/mol. The van der Waals surface area contributed by atoms with Crippen LogP contribution in [0.5, 0.6) is 0 Å². The van der Waals surface area contributed by atoms with Gasteiger partial charge in [0.2, 0.25) is 0 Å². The minimum absolute atomic E-state index is 0.150. The number of carbonyl (C=O) groups is 1. The molecule has 29 heavy (non-hydrogen) atoms. The number of fused-ring (bicyclic) bond motifs is 1. The van der Waals surface area contributed by atoms with E-state index in [0.29, 0.717) is 24.0 Å². The van der Waals surface area contributed by atoms with Crippen LogP contribution >= 0.6 is 11.8 Å². The quantitative estimate of drug-likeness (QED) is 0.586. The van der Waals surface area contributed by atoms with Crippen LogP contribution in [0, 0.1) is 0 Å². The number of rotatable bonds is 8. The first-order valence-corrected chi connectivity index (χ1v) is 11.6. The van der Waals surface area contributed by atoms with E-state index in [0.717, 1.165) is 34.7 Å². The van der Waals surface area contributed by atoms with Gasteiger partial charge in [0.15, 0.2) is 5.76 Å². The molecule has 1 saturated carbocycles. The summed E-state index contributed by atoms with van der Waals surface area (Å²) in [6.45, 7) is 3.38. The number of hydrogen-bond donors (Lipinski definition) is 1. The lowest BCUT2D eigenvalue weighted by molar-refractivity contribution is 0.0927. The second kappa shape index (κ2) is 9.48. The molecule has 3 aromatic rings. The molecule has 0 atom stereocenters. The molecule has 0 aliphatic heterocycles. The molecule has 154 valence electrons. The average molecular weight is 413 g/mol. The number of benzene rings is 1. The first-order chi connectivity index (χ1) is 14.3. The van der Waals surface area contributed by atoms with Crippen molar-refractivity contribution in [1.82, 2.24) is 20.1 Å². The van der Waals surface area contributed by atoms with E-state index in [2.05, 4.69) is 28.5 Å². The van der Waals surface area contributed by atoms with Crippen LogP contribution in [-0.2, 0) is 18.7 Å². The SMILES string of the molecule is CCn1cnnc1CCNC(=O)c1oc2ccccc2c1CSC1CCCCC1. The summed E-state index contributed by atoms with van der Waals surface area (Å²) in [7, 11) is 0. The van der Waals surface area contributed by atoms with E-state index in [4.69, 9.17) is 4.42 Å². The van der Waals surface area contributed by atoms with E-state index in [1.807, 2.05) is 34.5 Å². The molecule has 1 aliphatic carbocycles. The minimum atomic E-state index is -0.150. The molecule has 2 heterocycles. The van der Waals surface area contributed by atoms with Crippen molar-refractivity contribution < 1.29 is 9.21 Å². The fourth-order valence-corrected chi connectivity index (χ4v) is 5.32. The van der Waals surface area contributed by atoms with E-state index >= 15 is 0 Å². The highest BCUT2D eigenvalue weighted by atomic mass is 32.2. The second-order valence-electron chi connectivity index (χ2n) is 7.52. The van der Waals surface area contributed by atoms with Gasteiger partial charge in [0.05, 0.1) is 0 Å². The van der Waals surface area contributed by atoms with Crippen molar-refractivity contribution in [2.24, 2.45) is 0 Å². The summed E-state index contributed by atoms with van der Waals surface area (Å²) in [5.41, 5.74) is 1.80. The molecular weight excluding hydrogens is 384 g/mol. The van der Waals surface area contributed by atoms with Crippen LogP contribution in [0.15, 0.2) is 35.0 Å². The fraction of sp³-hybridized carbons (Fsp3) is 0.500. The zero-order valence-corrected chi connectivity index (χ0v) is 17.7. The van der Waals surface area contributed by atoms with Gasteiger partial charge in [-0.1, -0.05) is 37.5 Å². The van der Waals surface area contributed by atoms with Crippen LogP contribution in [0.4, 0.5) is 0 Å². The summed E-state index contributed by atoms with van der Waals surface area (Å²) in [5, 5.41) is 12.8. The van der Waals surface area contributed by atoms with Crippen molar-refractivity contribution in [2.45, 2.75) is 63.0 Å². The minimum Gasteiger partial charge on any atom is -0.451 e. The van der Waals surface area contributed by atoms with Crippen molar-refractivity contribution >= 4 is 28.6 Å². The molecule has 1 aliphatic rings. The summed E-state index contributed by atoms with van der Waals surface area (Å²) < 4.78 is 7.96. The highest BCUT2D eigenvalue weighted by molar-refractivity contribution is 7.99. The van der Waals surface area contributed by atoms with Gasteiger partial charge in [0.25, 0.3) is 5.91 Å². The number of furan rings is 1. The molecule has 0 bridgehead atoms. The Kier molecular flexibility index (Phi) is 6.54. The van der Waals surface area contributed by atoms with Crippen LogP contribution in [0.2, 0.25) is 0 Å². The molecule has 0 spiro atoms. The van der Waals surface area contributed by atoms with Crippen LogP contribution < -0.4 is 5.32 Å². The molecule has 0 radical (unpaired) electrons. The molecule has 6 nitrogen and oxygen atoms in total. The van der Waals surface area contributed by atoms with Gasteiger partial charge in [-0.05, 0) is 25.8 Å². The van der Waals surface area contributed by atoms with E-state index < -0.39 is 0 Å². The predicted octanol–water partition coefficient (Wildman–Crippen LogP) is 4.58. The zero-order valence-electron chi connectivity index (χ0n) is 16.9. The summed E-state index contributed by atoms with van der Waals surface area (Å²) in [6.07, 6.45) is 8.91. The summed E-state index contributed by atoms with van der Waals surface area (Å²) in [6, 6.07) is 7.94. The van der Waals surface area contributed by atoms with Crippen molar-refractivity contribution in [3.05, 3.63) is 47.7 Å². The first kappa shape index (κ1) is 20.0. The van der Waals surface area contributed by atoms with E-state index in [-0.39, 0.29) is 5.91 Å². The molecule has 7 heteroatoms. The summed E-state index contributed by atoms with van der Waals surface area (Å²) >= 11 is 1.97. The lowest BCUT2D eigenvalue weighted by atomic mass is 10.0. The maximum absolute atomic E-state index is 12.9. The van der Waals surface area contributed by atoms with E-state index in [9.17, 15) is 4.79 Å². The third-order valence-corrected chi connectivity index (χ3v) is 6.99. The maximum atomic E-state index is 12.9. The smallest absolute Gasteiger partial charge is 0.287 e. The number of nitrogens with zero attached hydrogens (tertiary/aromatic N) is 3. The Hall–Kier alpha value is -2.28. The van der Waals surface area contributed by atoms with E-state index in [1.165, 1.54) is 32.1 Å². The Balaban J connectivity index is 1.45. The third kappa shape index (κ3) is 4.66. The summed E-state index contributed by atoms with van der Waals surface area (Å²) in [4.78, 5) is 12.9. The van der Waals surface area contributed by atoms with Crippen molar-refractivity contribution in [1.29, 1.82) is 0 Å². The first-order valence-electron chi connectivity index (χ1n) is 10.5. The van der Waals surface area contributed by atoms with Crippen molar-refractivity contribution in [3.63, 3.8) is 0 Å². The molecule has 1 N–H and O–H groups in total. The number of hydrogen-bond acceptors (Lipinski definition) is 5. The van der Waals surface area contributed by atoms with Gasteiger partial charge < -0.3 is 14.3 Å². The number of aryl methyl sites for hydroxylation is 1. The molecule has 4 rings (SSSR count). The van der Waals surface area contributed by atoms with Gasteiger partial charge in [-0.2, -0.15) is 11.8 Å². The van der Waals surface area contributed by atoms with E-state index in [1.54, 1.807) is 6.33 Å². The highest BCUT2D eigenvalue weighted by Gasteiger charge is 2.22. The van der Waals surface area contributed by atoms with Gasteiger partial charge >= 0.3 is 0 Å². The van der Waals surface area contributed by atoms with Gasteiger partial charge in [0, 0.05) is 41.5 Å². The normalized spacial score (nSPS) is 15.1. The van der Waals surface area contributed by atoms with Gasteiger partial charge in [-0.3, -0.25) is 4.79 Å². The topological polar surface area (TPSA) is 73.0 Å². The largest absolute Gasteiger partial charge is 0.451 e. The molecule has 1 amide bonds. The van der Waals surface area contributed by atoms with Crippen LogP contribution in [0.25, 0.3) is 11.0 Å². The molecule has 0 unspecified atom stereocenters. The van der Waals surface area contributed by atoms with Gasteiger partial charge in [0.1, 0.15) is 17.7 Å². The van der Waals surface area contributed by atoms with Crippen LogP contribution in [0.3, 0.4) is 0 Å². The zero-order chi connectivity index (χ0) is 20.1. The number of nitrogens with one attached hydrogen (secondary N) is 1. The van der Waals surface area contributed by atoms with Crippen LogP contribution in [-0.4, -0.2) is 32.5 Å². The Morgan fingerprint density at radius 3 is 2.93 bits per heavy atom. The molecule has 2 aromatic heterocycles. The lowest BCUT2D eigenvalue weighted by Gasteiger charge is -2.20. The Morgan fingerprint density at radius 1 is 1.28 bits per heavy atom. The molecule has 0 saturated heterocycles. The number of carbonyl (C=O) groups excluding carboxylic acids is 1. The van der Waals surface area contributed by atoms with Gasteiger partial charge in [-0.25, -0.2) is 0 Å². The van der Waals surface area contributed by atoms with Crippen molar-refractivity contribution in [2.75, 3.05) is 6.54 Å². The molecular formula is C22H28N4O2S. The van der Waals surface area contributed by atoms with Gasteiger partial charge in [-0.15, -0.1) is 10.2 Å². The monoisotopic (exact) mass is 412 g/mol. The maximum Gasteiger partial charge on any atom is 0.287 e. The standard InChI is InChI=1S/C22H28N4O2S/c1-2-26-15-24-25-20(26)12-13-23-22(27)21-18(14-29-16-8-4-3-5-9-16)17-10-6-7-11-19(17)28-21/h6-7,10-11,15-16H,2-5,8-9,12-14H2,1H3,(H,23,27). The fourth-order valence-electron chi connectivity index (χ4n) is 3.96. The Labute approximate surface area is 175 Å². The number of para-hydroxylation sites is 1. The van der Waals surface area contributed by atoms with Crippen molar-refractivity contribution in [3.8, 4) is 0 Å². The van der Waals surface area contributed by atoms with Crippen LogP contribution in [0.1, 0.15) is 61.0 Å². The number of amides is 1. The lowest BCUT2D eigenvalue weighted by Crippen LogP contribution is -2.27. The number of aromatic nitrogens is 3.